The number of rotatable bonds is 6. The Bertz CT molecular complexity index is 1270. The van der Waals surface area contributed by atoms with Gasteiger partial charge in [-0.3, -0.25) is 14.1 Å². The number of sulfonamides is 1. The number of carboxylic acids is 1. The topological polar surface area (TPSA) is 117 Å². The SMILES string of the molecule is CN(c1ccc(Cl)cc1)S(=O)(=O)c1cncc(C(=O)Nc2ccc(Br)cc2C(=O)O)c1. The van der Waals surface area contributed by atoms with E-state index < -0.39 is 21.9 Å². The summed E-state index contributed by atoms with van der Waals surface area (Å²) >= 11 is 9.03. The number of pyridine rings is 1. The van der Waals surface area contributed by atoms with E-state index in [0.29, 0.717) is 15.2 Å². The number of anilines is 2. The van der Waals surface area contributed by atoms with Gasteiger partial charge in [0.2, 0.25) is 0 Å². The first-order valence-corrected chi connectivity index (χ1v) is 11.2. The van der Waals surface area contributed by atoms with Gasteiger partial charge in [0.25, 0.3) is 15.9 Å². The molecule has 31 heavy (non-hydrogen) atoms. The highest BCUT2D eigenvalue weighted by molar-refractivity contribution is 9.10. The zero-order valence-electron chi connectivity index (χ0n) is 15.9. The Morgan fingerprint density at radius 2 is 1.77 bits per heavy atom. The van der Waals surface area contributed by atoms with E-state index >= 15 is 0 Å². The van der Waals surface area contributed by atoms with Crippen LogP contribution < -0.4 is 9.62 Å². The minimum atomic E-state index is -4.01. The molecule has 1 aromatic heterocycles. The molecule has 0 atom stereocenters. The van der Waals surface area contributed by atoms with Gasteiger partial charge in [-0.2, -0.15) is 0 Å². The third-order valence-electron chi connectivity index (χ3n) is 4.28. The highest BCUT2D eigenvalue weighted by Crippen LogP contribution is 2.25. The Hall–Kier alpha value is -2.95. The number of benzene rings is 2. The molecule has 1 heterocycles. The van der Waals surface area contributed by atoms with Gasteiger partial charge >= 0.3 is 5.97 Å². The van der Waals surface area contributed by atoms with E-state index in [4.69, 9.17) is 11.6 Å². The third kappa shape index (κ3) is 5.04. The van der Waals surface area contributed by atoms with Crippen LogP contribution in [0.3, 0.4) is 0 Å². The Kier molecular flexibility index (Phi) is 6.63. The van der Waals surface area contributed by atoms with Crippen molar-refractivity contribution >= 4 is 60.8 Å². The van der Waals surface area contributed by atoms with Crippen molar-refractivity contribution in [1.29, 1.82) is 0 Å². The van der Waals surface area contributed by atoms with Gasteiger partial charge in [-0.15, -0.1) is 0 Å². The van der Waals surface area contributed by atoms with Crippen molar-refractivity contribution < 1.29 is 23.1 Å². The van der Waals surface area contributed by atoms with Crippen molar-refractivity contribution in [2.75, 3.05) is 16.7 Å². The minimum Gasteiger partial charge on any atom is -0.478 e. The zero-order chi connectivity index (χ0) is 22.8. The molecule has 0 bridgehead atoms. The Morgan fingerprint density at radius 1 is 1.10 bits per heavy atom. The highest BCUT2D eigenvalue weighted by atomic mass is 79.9. The molecule has 0 unspecified atom stereocenters. The molecule has 0 aliphatic heterocycles. The van der Waals surface area contributed by atoms with Crippen molar-refractivity contribution in [1.82, 2.24) is 4.98 Å². The quantitative estimate of drug-likeness (QED) is 0.497. The number of nitrogens with zero attached hydrogens (tertiary/aromatic N) is 2. The molecule has 3 aromatic rings. The number of halogens is 2. The second-order valence-electron chi connectivity index (χ2n) is 6.31. The Labute approximate surface area is 191 Å². The van der Waals surface area contributed by atoms with Gasteiger partial charge in [-0.1, -0.05) is 27.5 Å². The summed E-state index contributed by atoms with van der Waals surface area (Å²) < 4.78 is 27.5. The van der Waals surface area contributed by atoms with Gasteiger partial charge in [-0.25, -0.2) is 13.2 Å². The number of hydrogen-bond donors (Lipinski definition) is 2. The number of carbonyl (C=O) groups excluding carboxylic acids is 1. The lowest BCUT2D eigenvalue weighted by Gasteiger charge is -2.19. The molecule has 0 aliphatic carbocycles. The molecule has 160 valence electrons. The smallest absolute Gasteiger partial charge is 0.337 e. The molecule has 0 aliphatic rings. The molecule has 11 heteroatoms. The fourth-order valence-corrected chi connectivity index (χ4v) is 4.30. The first-order chi connectivity index (χ1) is 14.6. The molecule has 3 rings (SSSR count). The predicted octanol–water partition coefficient (Wildman–Crippen LogP) is 4.27. The number of hydrogen-bond acceptors (Lipinski definition) is 5. The van der Waals surface area contributed by atoms with Crippen LogP contribution in [0.25, 0.3) is 0 Å². The van der Waals surface area contributed by atoms with Gasteiger partial charge < -0.3 is 10.4 Å². The van der Waals surface area contributed by atoms with Gasteiger partial charge in [0.1, 0.15) is 4.90 Å². The largest absolute Gasteiger partial charge is 0.478 e. The van der Waals surface area contributed by atoms with Gasteiger partial charge in [0.15, 0.2) is 0 Å². The van der Waals surface area contributed by atoms with Gasteiger partial charge in [-0.05, 0) is 48.5 Å². The van der Waals surface area contributed by atoms with E-state index in [1.54, 1.807) is 30.3 Å². The van der Waals surface area contributed by atoms with Crippen LogP contribution in [0.2, 0.25) is 5.02 Å². The normalized spacial score (nSPS) is 11.1. The molecule has 2 aromatic carbocycles. The molecular weight excluding hydrogens is 510 g/mol. The summed E-state index contributed by atoms with van der Waals surface area (Å²) in [6.45, 7) is 0. The molecule has 2 N–H and O–H groups in total. The van der Waals surface area contributed by atoms with E-state index in [2.05, 4.69) is 26.2 Å². The van der Waals surface area contributed by atoms with Crippen molar-refractivity contribution in [3.8, 4) is 0 Å². The molecule has 0 spiro atoms. The summed E-state index contributed by atoms with van der Waals surface area (Å²) in [5.74, 6) is -1.93. The summed E-state index contributed by atoms with van der Waals surface area (Å²) in [5.41, 5.74) is 0.263. The average molecular weight is 525 g/mol. The van der Waals surface area contributed by atoms with E-state index in [9.17, 15) is 23.1 Å². The first kappa shape index (κ1) is 22.7. The van der Waals surface area contributed by atoms with Crippen LogP contribution in [-0.2, 0) is 10.0 Å². The zero-order valence-corrected chi connectivity index (χ0v) is 19.1. The maximum absolute atomic E-state index is 13.0. The van der Waals surface area contributed by atoms with Crippen molar-refractivity contribution in [3.63, 3.8) is 0 Å². The van der Waals surface area contributed by atoms with Crippen molar-refractivity contribution in [2.45, 2.75) is 4.90 Å². The average Bonchev–Trinajstić information content (AvgIpc) is 2.75. The predicted molar refractivity (Wildman–Crippen MR) is 120 cm³/mol. The third-order valence-corrected chi connectivity index (χ3v) is 6.78. The molecule has 0 radical (unpaired) electrons. The first-order valence-electron chi connectivity index (χ1n) is 8.63. The standard InChI is InChI=1S/C20H15BrClN3O5S/c1-25(15-5-3-14(22)4-6-15)31(29,30)16-8-12(10-23-11-16)19(26)24-18-7-2-13(21)9-17(18)20(27)28/h2-11H,1H3,(H,24,26)(H,27,28). The molecular formula is C20H15BrClN3O5S. The number of carbonyl (C=O) groups is 2. The van der Waals surface area contributed by atoms with E-state index in [0.717, 1.165) is 10.5 Å². The Morgan fingerprint density at radius 3 is 2.42 bits per heavy atom. The molecule has 1 amide bonds. The number of aromatic nitrogens is 1. The number of aromatic carboxylic acids is 1. The van der Waals surface area contributed by atoms with E-state index in [1.807, 2.05) is 0 Å². The van der Waals surface area contributed by atoms with Gasteiger partial charge in [0.05, 0.1) is 22.5 Å². The summed E-state index contributed by atoms with van der Waals surface area (Å²) in [7, 11) is -2.65. The molecule has 0 fully saturated rings. The number of amides is 1. The number of carboxylic acid groups (broad SMARTS) is 1. The fourth-order valence-electron chi connectivity index (χ4n) is 2.63. The lowest BCUT2D eigenvalue weighted by atomic mass is 10.1. The minimum absolute atomic E-state index is 0.0511. The van der Waals surface area contributed by atoms with Crippen LogP contribution in [0.15, 0.2) is 70.3 Å². The second-order valence-corrected chi connectivity index (χ2v) is 9.63. The van der Waals surface area contributed by atoms with Crippen LogP contribution in [-0.4, -0.2) is 37.4 Å². The lowest BCUT2D eigenvalue weighted by molar-refractivity contribution is 0.0698. The van der Waals surface area contributed by atoms with Crippen LogP contribution in [0.4, 0.5) is 11.4 Å². The monoisotopic (exact) mass is 523 g/mol. The summed E-state index contributed by atoms with van der Waals surface area (Å²) in [5, 5.41) is 12.3. The second kappa shape index (κ2) is 9.04. The van der Waals surface area contributed by atoms with Crippen molar-refractivity contribution in [3.05, 3.63) is 81.5 Å². The summed E-state index contributed by atoms with van der Waals surface area (Å²) in [6.07, 6.45) is 2.32. The van der Waals surface area contributed by atoms with Crippen LogP contribution in [0, 0.1) is 0 Å². The molecule has 8 nitrogen and oxygen atoms in total. The van der Waals surface area contributed by atoms with E-state index in [1.165, 1.54) is 31.4 Å². The summed E-state index contributed by atoms with van der Waals surface area (Å²) in [4.78, 5) is 27.7. The Balaban J connectivity index is 1.90. The fraction of sp³-hybridized carbons (Fsp3) is 0.0500. The maximum atomic E-state index is 13.0. The highest BCUT2D eigenvalue weighted by Gasteiger charge is 2.23. The van der Waals surface area contributed by atoms with Gasteiger partial charge in [0, 0.05) is 28.9 Å². The molecule has 0 saturated heterocycles. The van der Waals surface area contributed by atoms with E-state index in [-0.39, 0.29) is 21.7 Å². The van der Waals surface area contributed by atoms with Crippen molar-refractivity contribution in [2.24, 2.45) is 0 Å². The summed E-state index contributed by atoms with van der Waals surface area (Å²) in [6, 6.07) is 11.7. The van der Waals surface area contributed by atoms with Crippen LogP contribution >= 0.6 is 27.5 Å². The van der Waals surface area contributed by atoms with Crippen LogP contribution in [0.5, 0.6) is 0 Å². The lowest BCUT2D eigenvalue weighted by Crippen LogP contribution is -2.27. The maximum Gasteiger partial charge on any atom is 0.337 e. The molecule has 0 saturated carbocycles. The van der Waals surface area contributed by atoms with Crippen LogP contribution in [0.1, 0.15) is 20.7 Å². The number of nitrogens with one attached hydrogen (secondary N) is 1.